The molecule has 4 rings (SSSR count). The number of aliphatic hydroxyl groups is 1. The van der Waals surface area contributed by atoms with Crippen LogP contribution in [0, 0.1) is 13.8 Å². The molecule has 1 unspecified atom stereocenters. The molecule has 1 fully saturated rings. The predicted octanol–water partition coefficient (Wildman–Crippen LogP) is 4.67. The van der Waals surface area contributed by atoms with Crippen molar-refractivity contribution in [2.45, 2.75) is 45.4 Å². The van der Waals surface area contributed by atoms with E-state index in [0.717, 1.165) is 24.0 Å². The first-order chi connectivity index (χ1) is 16.4. The van der Waals surface area contributed by atoms with E-state index in [1.807, 2.05) is 38.1 Å². The Kier molecular flexibility index (Phi) is 7.40. The summed E-state index contributed by atoms with van der Waals surface area (Å²) >= 11 is 0. The van der Waals surface area contributed by atoms with Crippen molar-refractivity contribution in [3.05, 3.63) is 100 Å². The summed E-state index contributed by atoms with van der Waals surface area (Å²) in [5.41, 5.74) is 4.11. The summed E-state index contributed by atoms with van der Waals surface area (Å²) in [6.45, 7) is 4.21. The van der Waals surface area contributed by atoms with E-state index in [4.69, 9.17) is 9.47 Å². The van der Waals surface area contributed by atoms with Crippen molar-refractivity contribution in [1.82, 2.24) is 5.32 Å². The quantitative estimate of drug-likeness (QED) is 0.358. The molecule has 3 aromatic rings. The van der Waals surface area contributed by atoms with Crippen molar-refractivity contribution >= 4 is 11.9 Å². The van der Waals surface area contributed by atoms with Crippen LogP contribution in [-0.2, 0) is 11.3 Å². The van der Waals surface area contributed by atoms with E-state index >= 15 is 0 Å². The molecule has 6 heteroatoms. The lowest BCUT2D eigenvalue weighted by atomic mass is 10.0. The number of aryl methyl sites for hydroxylation is 2. The topological polar surface area (TPSA) is 84.9 Å². The number of ether oxygens (including phenoxy) is 2. The van der Waals surface area contributed by atoms with Gasteiger partial charge in [-0.3, -0.25) is 0 Å². The SMILES string of the molecule is Cc1ccc(C(=O)OCc2cc(C(O)CNC3CC3)ccc2OC(=O)c2ccc(C)cc2)cc1. The first-order valence-corrected chi connectivity index (χ1v) is 11.5. The minimum absolute atomic E-state index is 0.0974. The van der Waals surface area contributed by atoms with E-state index in [0.29, 0.717) is 34.8 Å². The summed E-state index contributed by atoms with van der Waals surface area (Å²) < 4.78 is 11.2. The van der Waals surface area contributed by atoms with Crippen LogP contribution in [0.15, 0.2) is 66.7 Å². The largest absolute Gasteiger partial charge is 0.457 e. The van der Waals surface area contributed by atoms with Gasteiger partial charge in [0.25, 0.3) is 0 Å². The fourth-order valence-corrected chi connectivity index (χ4v) is 3.47. The summed E-state index contributed by atoms with van der Waals surface area (Å²) in [4.78, 5) is 25.2. The van der Waals surface area contributed by atoms with Crippen LogP contribution in [0.1, 0.15) is 61.9 Å². The van der Waals surface area contributed by atoms with E-state index in [-0.39, 0.29) is 12.4 Å². The van der Waals surface area contributed by atoms with Gasteiger partial charge in [-0.2, -0.15) is 0 Å². The highest BCUT2D eigenvalue weighted by Gasteiger charge is 2.22. The Hall–Kier alpha value is -3.48. The van der Waals surface area contributed by atoms with Gasteiger partial charge in [0.1, 0.15) is 12.4 Å². The van der Waals surface area contributed by atoms with Gasteiger partial charge in [0.05, 0.1) is 17.2 Å². The van der Waals surface area contributed by atoms with E-state index in [9.17, 15) is 14.7 Å². The summed E-state index contributed by atoms with van der Waals surface area (Å²) in [6.07, 6.45) is 1.52. The fraction of sp³-hybridized carbons (Fsp3) is 0.286. The molecule has 0 aromatic heterocycles. The van der Waals surface area contributed by atoms with E-state index < -0.39 is 18.0 Å². The average Bonchev–Trinajstić information content (AvgIpc) is 3.67. The highest BCUT2D eigenvalue weighted by atomic mass is 16.5. The zero-order valence-corrected chi connectivity index (χ0v) is 19.4. The Morgan fingerprint density at radius 3 is 2.09 bits per heavy atom. The fourth-order valence-electron chi connectivity index (χ4n) is 3.47. The number of carbonyl (C=O) groups excluding carboxylic acids is 2. The molecule has 0 radical (unpaired) electrons. The van der Waals surface area contributed by atoms with Gasteiger partial charge in [-0.15, -0.1) is 0 Å². The molecule has 6 nitrogen and oxygen atoms in total. The molecule has 0 aliphatic heterocycles. The van der Waals surface area contributed by atoms with Crippen molar-refractivity contribution in [2.75, 3.05) is 6.54 Å². The van der Waals surface area contributed by atoms with Crippen molar-refractivity contribution in [2.24, 2.45) is 0 Å². The molecule has 0 amide bonds. The Balaban J connectivity index is 1.52. The molecule has 1 aliphatic rings. The van der Waals surface area contributed by atoms with Gasteiger partial charge in [-0.1, -0.05) is 41.5 Å². The van der Waals surface area contributed by atoms with Gasteiger partial charge < -0.3 is 19.9 Å². The van der Waals surface area contributed by atoms with E-state index in [2.05, 4.69) is 5.32 Å². The molecule has 1 saturated carbocycles. The number of rotatable bonds is 9. The van der Waals surface area contributed by atoms with Crippen LogP contribution in [0.25, 0.3) is 0 Å². The Morgan fingerprint density at radius 1 is 0.912 bits per heavy atom. The van der Waals surface area contributed by atoms with Crippen LogP contribution in [0.4, 0.5) is 0 Å². The maximum Gasteiger partial charge on any atom is 0.343 e. The number of nitrogens with one attached hydrogen (secondary N) is 1. The highest BCUT2D eigenvalue weighted by Crippen LogP contribution is 2.27. The maximum atomic E-state index is 12.7. The molecule has 0 heterocycles. The third kappa shape index (κ3) is 6.31. The number of esters is 2. The number of aliphatic hydroxyl groups excluding tert-OH is 1. The maximum absolute atomic E-state index is 12.7. The van der Waals surface area contributed by atoms with Gasteiger partial charge in [0.15, 0.2) is 0 Å². The van der Waals surface area contributed by atoms with Crippen LogP contribution in [0.2, 0.25) is 0 Å². The molecule has 1 atom stereocenters. The van der Waals surface area contributed by atoms with Crippen LogP contribution in [0.3, 0.4) is 0 Å². The number of benzene rings is 3. The Labute approximate surface area is 199 Å². The van der Waals surface area contributed by atoms with Crippen LogP contribution in [0.5, 0.6) is 5.75 Å². The summed E-state index contributed by atoms with van der Waals surface area (Å²) in [6, 6.07) is 19.7. The van der Waals surface area contributed by atoms with Crippen LogP contribution >= 0.6 is 0 Å². The molecular formula is C28H29NO5. The Morgan fingerprint density at radius 2 is 1.50 bits per heavy atom. The minimum atomic E-state index is -0.728. The van der Waals surface area contributed by atoms with Gasteiger partial charge in [0, 0.05) is 18.2 Å². The van der Waals surface area contributed by atoms with Gasteiger partial charge >= 0.3 is 11.9 Å². The first-order valence-electron chi connectivity index (χ1n) is 11.5. The average molecular weight is 460 g/mol. The van der Waals surface area contributed by atoms with Crippen LogP contribution in [-0.4, -0.2) is 29.6 Å². The number of hydrogen-bond donors (Lipinski definition) is 2. The zero-order chi connectivity index (χ0) is 24.1. The second-order valence-corrected chi connectivity index (χ2v) is 8.76. The van der Waals surface area contributed by atoms with Crippen LogP contribution < -0.4 is 10.1 Å². The van der Waals surface area contributed by atoms with Crippen molar-refractivity contribution in [3.63, 3.8) is 0 Å². The van der Waals surface area contributed by atoms with Crippen molar-refractivity contribution < 1.29 is 24.2 Å². The van der Waals surface area contributed by atoms with Crippen molar-refractivity contribution in [1.29, 1.82) is 0 Å². The van der Waals surface area contributed by atoms with Gasteiger partial charge in [-0.05, 0) is 68.7 Å². The molecular weight excluding hydrogens is 430 g/mol. The molecule has 0 bridgehead atoms. The minimum Gasteiger partial charge on any atom is -0.457 e. The predicted molar refractivity (Wildman–Crippen MR) is 129 cm³/mol. The van der Waals surface area contributed by atoms with Gasteiger partial charge in [0.2, 0.25) is 0 Å². The lowest BCUT2D eigenvalue weighted by molar-refractivity contribution is 0.0469. The summed E-state index contributed by atoms with van der Waals surface area (Å²) in [5, 5.41) is 13.9. The molecule has 176 valence electrons. The highest BCUT2D eigenvalue weighted by molar-refractivity contribution is 5.91. The molecule has 0 saturated heterocycles. The Bertz CT molecular complexity index is 1150. The number of hydrogen-bond acceptors (Lipinski definition) is 6. The summed E-state index contributed by atoms with van der Waals surface area (Å²) in [5.74, 6) is -0.694. The molecule has 3 aromatic carbocycles. The lowest BCUT2D eigenvalue weighted by Gasteiger charge is -2.16. The zero-order valence-electron chi connectivity index (χ0n) is 19.4. The molecule has 0 spiro atoms. The standard InChI is InChI=1S/C28H29NO5/c1-18-3-7-20(8-4-18)27(31)33-17-23-15-22(25(30)16-29-24-12-13-24)11-14-26(23)34-28(32)21-9-5-19(2)6-10-21/h3-11,14-15,24-25,29-30H,12-13,16-17H2,1-2H3. The molecule has 34 heavy (non-hydrogen) atoms. The van der Waals surface area contributed by atoms with Crippen molar-refractivity contribution in [3.8, 4) is 5.75 Å². The monoisotopic (exact) mass is 459 g/mol. The number of carbonyl (C=O) groups is 2. The first kappa shape index (κ1) is 23.7. The van der Waals surface area contributed by atoms with E-state index in [1.165, 1.54) is 0 Å². The smallest absolute Gasteiger partial charge is 0.343 e. The molecule has 1 aliphatic carbocycles. The third-order valence-electron chi connectivity index (χ3n) is 5.78. The second kappa shape index (κ2) is 10.6. The summed E-state index contributed by atoms with van der Waals surface area (Å²) in [7, 11) is 0. The molecule has 2 N–H and O–H groups in total. The van der Waals surface area contributed by atoms with Gasteiger partial charge in [-0.25, -0.2) is 9.59 Å². The van der Waals surface area contributed by atoms with E-state index in [1.54, 1.807) is 42.5 Å². The normalized spacial score (nSPS) is 13.9. The third-order valence-corrected chi connectivity index (χ3v) is 5.78. The second-order valence-electron chi connectivity index (χ2n) is 8.76. The lowest BCUT2D eigenvalue weighted by Crippen LogP contribution is -2.23.